The summed E-state index contributed by atoms with van der Waals surface area (Å²) in [6.07, 6.45) is 5.06. The van der Waals surface area contributed by atoms with Gasteiger partial charge in [0.05, 0.1) is 6.54 Å². The van der Waals surface area contributed by atoms with E-state index in [9.17, 15) is 4.79 Å². The van der Waals surface area contributed by atoms with Crippen molar-refractivity contribution in [1.82, 2.24) is 9.80 Å². The maximum Gasteiger partial charge on any atom is 0.236 e. The predicted molar refractivity (Wildman–Crippen MR) is 87.1 cm³/mol. The van der Waals surface area contributed by atoms with E-state index in [1.165, 1.54) is 37.2 Å². The maximum atomic E-state index is 12.3. The average molecular weight is 298 g/mol. The summed E-state index contributed by atoms with van der Waals surface area (Å²) >= 11 is 2.00. The zero-order chi connectivity index (χ0) is 14.4. The molecule has 0 aromatic rings. The molecule has 2 saturated heterocycles. The quantitative estimate of drug-likeness (QED) is 0.780. The molecule has 4 heteroatoms. The van der Waals surface area contributed by atoms with Gasteiger partial charge in [0.15, 0.2) is 0 Å². The summed E-state index contributed by atoms with van der Waals surface area (Å²) in [6.45, 7) is 9.43. The van der Waals surface area contributed by atoms with Crippen molar-refractivity contribution in [3.8, 4) is 0 Å². The zero-order valence-corrected chi connectivity index (χ0v) is 14.0. The van der Waals surface area contributed by atoms with Crippen molar-refractivity contribution in [2.45, 2.75) is 39.5 Å². The topological polar surface area (TPSA) is 23.6 Å². The summed E-state index contributed by atoms with van der Waals surface area (Å²) < 4.78 is 0. The molecule has 2 rings (SSSR count). The lowest BCUT2D eigenvalue weighted by Gasteiger charge is -2.35. The molecule has 0 saturated carbocycles. The third-order valence-corrected chi connectivity index (χ3v) is 5.80. The first-order valence-electron chi connectivity index (χ1n) is 8.27. The third kappa shape index (κ3) is 4.96. The molecule has 3 nitrogen and oxygen atoms in total. The molecule has 2 aliphatic heterocycles. The molecule has 0 N–H and O–H groups in total. The van der Waals surface area contributed by atoms with Crippen LogP contribution in [0.2, 0.25) is 0 Å². The van der Waals surface area contributed by atoms with Gasteiger partial charge in [-0.1, -0.05) is 20.3 Å². The molecular weight excluding hydrogens is 268 g/mol. The van der Waals surface area contributed by atoms with Gasteiger partial charge in [-0.05, 0) is 31.1 Å². The molecule has 1 amide bonds. The van der Waals surface area contributed by atoms with Crippen LogP contribution in [0.25, 0.3) is 0 Å². The molecule has 0 bridgehead atoms. The number of carbonyl (C=O) groups excluding carboxylic acids is 1. The van der Waals surface area contributed by atoms with E-state index < -0.39 is 0 Å². The number of thioether (sulfide) groups is 1. The van der Waals surface area contributed by atoms with Gasteiger partial charge in [0, 0.05) is 37.7 Å². The largest absolute Gasteiger partial charge is 0.342 e. The second-order valence-corrected chi connectivity index (χ2v) is 7.69. The minimum atomic E-state index is 0.360. The van der Waals surface area contributed by atoms with Gasteiger partial charge in [0.2, 0.25) is 5.91 Å². The second kappa shape index (κ2) is 8.28. The number of rotatable bonds is 5. The molecule has 0 radical (unpaired) electrons. The van der Waals surface area contributed by atoms with Gasteiger partial charge in [0.25, 0.3) is 0 Å². The molecule has 2 aliphatic rings. The highest BCUT2D eigenvalue weighted by molar-refractivity contribution is 7.99. The molecule has 0 aromatic heterocycles. The van der Waals surface area contributed by atoms with Gasteiger partial charge in [-0.15, -0.1) is 0 Å². The summed E-state index contributed by atoms with van der Waals surface area (Å²) in [6, 6.07) is 0. The van der Waals surface area contributed by atoms with Gasteiger partial charge in [-0.2, -0.15) is 11.8 Å². The number of amides is 1. The highest BCUT2D eigenvalue weighted by Gasteiger charge is 2.25. The van der Waals surface area contributed by atoms with Crippen LogP contribution in [-0.2, 0) is 4.79 Å². The van der Waals surface area contributed by atoms with Crippen LogP contribution < -0.4 is 0 Å². The summed E-state index contributed by atoms with van der Waals surface area (Å²) in [5.74, 6) is 4.42. The first-order chi connectivity index (χ1) is 9.69. The molecule has 116 valence electrons. The molecule has 2 heterocycles. The Morgan fingerprint density at radius 2 is 1.85 bits per heavy atom. The second-order valence-electron chi connectivity index (χ2n) is 6.46. The van der Waals surface area contributed by atoms with E-state index in [1.807, 2.05) is 11.8 Å². The monoisotopic (exact) mass is 298 g/mol. The molecule has 20 heavy (non-hydrogen) atoms. The van der Waals surface area contributed by atoms with Crippen LogP contribution in [0, 0.1) is 11.8 Å². The van der Waals surface area contributed by atoms with Gasteiger partial charge in [-0.3, -0.25) is 9.69 Å². The van der Waals surface area contributed by atoms with Crippen molar-refractivity contribution in [2.24, 2.45) is 11.8 Å². The highest BCUT2D eigenvalue weighted by atomic mass is 32.2. The normalized spacial score (nSPS) is 23.8. The smallest absolute Gasteiger partial charge is 0.236 e. The minimum Gasteiger partial charge on any atom is -0.342 e. The number of hydrogen-bond acceptors (Lipinski definition) is 3. The lowest BCUT2D eigenvalue weighted by molar-refractivity contribution is -0.133. The Morgan fingerprint density at radius 1 is 1.20 bits per heavy atom. The fourth-order valence-corrected chi connectivity index (χ4v) is 4.18. The first-order valence-corrected chi connectivity index (χ1v) is 9.42. The number of hydrogen-bond donors (Lipinski definition) is 0. The standard InChI is InChI=1S/C16H30N2OS/c1-3-14(2)12-15-4-6-18(7-5-15)16(19)13-17-8-10-20-11-9-17/h14-15H,3-13H2,1-2H3. The van der Waals surface area contributed by atoms with Crippen molar-refractivity contribution < 1.29 is 4.79 Å². The van der Waals surface area contributed by atoms with E-state index in [4.69, 9.17) is 0 Å². The molecule has 0 aromatic carbocycles. The zero-order valence-electron chi connectivity index (χ0n) is 13.1. The van der Waals surface area contributed by atoms with Gasteiger partial charge in [-0.25, -0.2) is 0 Å². The van der Waals surface area contributed by atoms with Crippen molar-refractivity contribution in [1.29, 1.82) is 0 Å². The molecule has 0 aliphatic carbocycles. The van der Waals surface area contributed by atoms with E-state index in [1.54, 1.807) is 0 Å². The maximum absolute atomic E-state index is 12.3. The van der Waals surface area contributed by atoms with Crippen LogP contribution in [0.15, 0.2) is 0 Å². The Morgan fingerprint density at radius 3 is 2.45 bits per heavy atom. The average Bonchev–Trinajstić information content (AvgIpc) is 2.49. The minimum absolute atomic E-state index is 0.360. The lowest BCUT2D eigenvalue weighted by Crippen LogP contribution is -2.46. The number of nitrogens with zero attached hydrogens (tertiary/aromatic N) is 2. The summed E-state index contributed by atoms with van der Waals surface area (Å²) in [4.78, 5) is 16.8. The Kier molecular flexibility index (Phi) is 6.69. The molecule has 1 atom stereocenters. The van der Waals surface area contributed by atoms with Gasteiger partial charge < -0.3 is 4.90 Å². The molecule has 2 fully saturated rings. The third-order valence-electron chi connectivity index (χ3n) is 4.86. The van der Waals surface area contributed by atoms with Crippen LogP contribution in [0.4, 0.5) is 0 Å². The van der Waals surface area contributed by atoms with Crippen LogP contribution in [-0.4, -0.2) is 59.9 Å². The van der Waals surface area contributed by atoms with Crippen LogP contribution >= 0.6 is 11.8 Å². The Labute approximate surface area is 128 Å². The van der Waals surface area contributed by atoms with Crippen molar-refractivity contribution in [2.75, 3.05) is 44.2 Å². The van der Waals surface area contributed by atoms with E-state index in [2.05, 4.69) is 23.6 Å². The van der Waals surface area contributed by atoms with E-state index in [-0.39, 0.29) is 0 Å². The van der Waals surface area contributed by atoms with E-state index in [0.717, 1.165) is 38.0 Å². The number of likely N-dealkylation sites (tertiary alicyclic amines) is 1. The van der Waals surface area contributed by atoms with Crippen LogP contribution in [0.5, 0.6) is 0 Å². The lowest BCUT2D eigenvalue weighted by atomic mass is 9.87. The van der Waals surface area contributed by atoms with Gasteiger partial charge >= 0.3 is 0 Å². The molecule has 0 spiro atoms. The highest BCUT2D eigenvalue weighted by Crippen LogP contribution is 2.25. The van der Waals surface area contributed by atoms with E-state index >= 15 is 0 Å². The van der Waals surface area contributed by atoms with E-state index in [0.29, 0.717) is 12.5 Å². The molecular formula is C16H30N2OS. The summed E-state index contributed by atoms with van der Waals surface area (Å²) in [5, 5.41) is 0. The first kappa shape index (κ1) is 16.2. The van der Waals surface area contributed by atoms with Crippen LogP contribution in [0.1, 0.15) is 39.5 Å². The Balaban J connectivity index is 1.68. The fourth-order valence-electron chi connectivity index (χ4n) is 3.20. The Bertz CT molecular complexity index is 297. The van der Waals surface area contributed by atoms with Crippen molar-refractivity contribution >= 4 is 17.7 Å². The Hall–Kier alpha value is -0.220. The SMILES string of the molecule is CCC(C)CC1CCN(C(=O)CN2CCSCC2)CC1. The number of carbonyl (C=O) groups is 1. The fraction of sp³-hybridized carbons (Fsp3) is 0.938. The van der Waals surface area contributed by atoms with Crippen LogP contribution in [0.3, 0.4) is 0 Å². The van der Waals surface area contributed by atoms with Crippen molar-refractivity contribution in [3.63, 3.8) is 0 Å². The molecule has 1 unspecified atom stereocenters. The van der Waals surface area contributed by atoms with Gasteiger partial charge in [0.1, 0.15) is 0 Å². The van der Waals surface area contributed by atoms with Crippen molar-refractivity contribution in [3.05, 3.63) is 0 Å². The summed E-state index contributed by atoms with van der Waals surface area (Å²) in [7, 11) is 0. The predicted octanol–water partition coefficient (Wildman–Crippen LogP) is 2.71. The number of piperidine rings is 1. The summed E-state index contributed by atoms with van der Waals surface area (Å²) in [5.41, 5.74) is 0.